The smallest absolute Gasteiger partial charge is 0.220 e. The fourth-order valence-electron chi connectivity index (χ4n) is 2.26. The van der Waals surface area contributed by atoms with Crippen LogP contribution in [0, 0.1) is 5.92 Å². The van der Waals surface area contributed by atoms with Crippen LogP contribution in [0.2, 0.25) is 0 Å². The van der Waals surface area contributed by atoms with Crippen molar-refractivity contribution in [1.29, 1.82) is 0 Å². The van der Waals surface area contributed by atoms with Gasteiger partial charge in [0.15, 0.2) is 0 Å². The van der Waals surface area contributed by atoms with Crippen LogP contribution in [0.1, 0.15) is 25.7 Å². The van der Waals surface area contributed by atoms with Crippen molar-refractivity contribution >= 4 is 23.5 Å². The van der Waals surface area contributed by atoms with Gasteiger partial charge in [0.05, 0.1) is 0 Å². The fourth-order valence-corrected chi connectivity index (χ4v) is 2.64. The first-order valence-corrected chi connectivity index (χ1v) is 7.33. The minimum Gasteiger partial charge on any atom is -0.369 e. The Bertz CT molecular complexity index is 418. The van der Waals surface area contributed by atoms with Gasteiger partial charge in [-0.15, -0.1) is 11.8 Å². The number of hydrogen-bond donors (Lipinski definition) is 2. The van der Waals surface area contributed by atoms with Gasteiger partial charge in [0.1, 0.15) is 17.2 Å². The average molecular weight is 266 g/mol. The van der Waals surface area contributed by atoms with Crippen LogP contribution in [0.15, 0.2) is 17.4 Å². The Morgan fingerprint density at radius 2 is 2.11 bits per heavy atom. The molecule has 1 aliphatic carbocycles. The zero-order valence-corrected chi connectivity index (χ0v) is 11.2. The third-order valence-corrected chi connectivity index (χ3v) is 3.97. The summed E-state index contributed by atoms with van der Waals surface area (Å²) in [5.41, 5.74) is 5.32. The Hall–Kier alpha value is -1.30. The maximum absolute atomic E-state index is 11.1. The van der Waals surface area contributed by atoms with Crippen molar-refractivity contribution < 1.29 is 4.79 Å². The molecule has 0 atom stereocenters. The average Bonchev–Trinajstić information content (AvgIpc) is 2.39. The number of anilines is 1. The third kappa shape index (κ3) is 3.35. The van der Waals surface area contributed by atoms with Crippen molar-refractivity contribution in [2.24, 2.45) is 11.7 Å². The van der Waals surface area contributed by atoms with E-state index in [9.17, 15) is 4.79 Å². The Kier molecular flexibility index (Phi) is 4.41. The predicted octanol–water partition coefficient (Wildman–Crippen LogP) is 1.65. The molecule has 0 saturated heterocycles. The van der Waals surface area contributed by atoms with E-state index in [0.717, 1.165) is 36.5 Å². The highest BCUT2D eigenvalue weighted by Gasteiger charge is 2.24. The highest BCUT2D eigenvalue weighted by atomic mass is 32.2. The molecule has 6 heteroatoms. The molecule has 1 aromatic heterocycles. The zero-order chi connectivity index (χ0) is 13.0. The maximum atomic E-state index is 11.1. The first-order chi connectivity index (χ1) is 8.69. The first-order valence-electron chi connectivity index (χ1n) is 6.11. The molecule has 1 aromatic rings. The molecule has 0 aliphatic heterocycles. The molecule has 0 aromatic carbocycles. The van der Waals surface area contributed by atoms with Gasteiger partial charge in [0.25, 0.3) is 0 Å². The highest BCUT2D eigenvalue weighted by Crippen LogP contribution is 2.26. The van der Waals surface area contributed by atoms with Crippen molar-refractivity contribution in [3.8, 4) is 0 Å². The van der Waals surface area contributed by atoms with Gasteiger partial charge in [0.2, 0.25) is 5.91 Å². The molecule has 2 rings (SSSR count). The summed E-state index contributed by atoms with van der Waals surface area (Å²) < 4.78 is 0. The summed E-state index contributed by atoms with van der Waals surface area (Å²) in [5.74, 6) is 0.743. The van der Waals surface area contributed by atoms with E-state index in [2.05, 4.69) is 15.3 Å². The first kappa shape index (κ1) is 13.1. The van der Waals surface area contributed by atoms with Crippen LogP contribution >= 0.6 is 11.8 Å². The molecule has 1 heterocycles. The molecule has 1 aliphatic rings. The summed E-state index contributed by atoms with van der Waals surface area (Å²) >= 11 is 1.60. The second kappa shape index (κ2) is 6.04. The van der Waals surface area contributed by atoms with Gasteiger partial charge >= 0.3 is 0 Å². The van der Waals surface area contributed by atoms with E-state index in [4.69, 9.17) is 5.73 Å². The molecule has 0 spiro atoms. The largest absolute Gasteiger partial charge is 0.369 e. The molecule has 5 nitrogen and oxygen atoms in total. The molecule has 1 fully saturated rings. The van der Waals surface area contributed by atoms with Gasteiger partial charge in [-0.05, 0) is 31.9 Å². The summed E-state index contributed by atoms with van der Waals surface area (Å²) in [6, 6.07) is 2.33. The number of nitrogens with zero attached hydrogens (tertiary/aromatic N) is 2. The van der Waals surface area contributed by atoms with E-state index >= 15 is 0 Å². The monoisotopic (exact) mass is 266 g/mol. The Morgan fingerprint density at radius 3 is 2.72 bits per heavy atom. The number of hydrogen-bond acceptors (Lipinski definition) is 5. The van der Waals surface area contributed by atoms with Crippen LogP contribution in [-0.4, -0.2) is 28.2 Å². The van der Waals surface area contributed by atoms with Crippen LogP contribution in [-0.2, 0) is 4.79 Å². The van der Waals surface area contributed by atoms with E-state index in [1.54, 1.807) is 18.1 Å². The second-order valence-electron chi connectivity index (χ2n) is 4.54. The van der Waals surface area contributed by atoms with Crippen molar-refractivity contribution in [2.45, 2.75) is 36.8 Å². The minimum atomic E-state index is -0.167. The Balaban J connectivity index is 1.89. The number of aromatic nitrogens is 2. The van der Waals surface area contributed by atoms with E-state index in [0.29, 0.717) is 6.04 Å². The molecular weight excluding hydrogens is 248 g/mol. The third-order valence-electron chi connectivity index (χ3n) is 3.33. The predicted molar refractivity (Wildman–Crippen MR) is 72.4 cm³/mol. The van der Waals surface area contributed by atoms with E-state index < -0.39 is 0 Å². The van der Waals surface area contributed by atoms with Gasteiger partial charge in [-0.25, -0.2) is 9.97 Å². The van der Waals surface area contributed by atoms with Crippen LogP contribution < -0.4 is 11.1 Å². The van der Waals surface area contributed by atoms with Crippen molar-refractivity contribution in [3.63, 3.8) is 0 Å². The highest BCUT2D eigenvalue weighted by molar-refractivity contribution is 7.98. The number of carbonyl (C=O) groups excluding carboxylic acids is 1. The number of amides is 1. The van der Waals surface area contributed by atoms with Gasteiger partial charge < -0.3 is 11.1 Å². The molecule has 3 N–H and O–H groups in total. The molecule has 0 bridgehead atoms. The molecule has 18 heavy (non-hydrogen) atoms. The molecular formula is C12H18N4OS. The van der Waals surface area contributed by atoms with Crippen molar-refractivity contribution in [2.75, 3.05) is 11.6 Å². The normalized spacial score (nSPS) is 23.6. The number of primary amides is 1. The maximum Gasteiger partial charge on any atom is 0.220 e. The number of nitrogens with two attached hydrogens (primary N) is 1. The lowest BCUT2D eigenvalue weighted by Gasteiger charge is -2.27. The number of carbonyl (C=O) groups is 1. The Morgan fingerprint density at radius 1 is 1.39 bits per heavy atom. The van der Waals surface area contributed by atoms with Gasteiger partial charge in [-0.1, -0.05) is 0 Å². The van der Waals surface area contributed by atoms with Gasteiger partial charge in [-0.2, -0.15) is 0 Å². The van der Waals surface area contributed by atoms with E-state index in [1.807, 2.05) is 12.3 Å². The van der Waals surface area contributed by atoms with Gasteiger partial charge in [0, 0.05) is 18.0 Å². The van der Waals surface area contributed by atoms with Crippen LogP contribution in [0.4, 0.5) is 5.82 Å². The summed E-state index contributed by atoms with van der Waals surface area (Å²) in [6.07, 6.45) is 7.23. The van der Waals surface area contributed by atoms with Crippen LogP contribution in [0.5, 0.6) is 0 Å². The van der Waals surface area contributed by atoms with Crippen LogP contribution in [0.25, 0.3) is 0 Å². The molecule has 98 valence electrons. The van der Waals surface area contributed by atoms with E-state index in [-0.39, 0.29) is 11.8 Å². The van der Waals surface area contributed by atoms with E-state index in [1.165, 1.54) is 0 Å². The summed E-state index contributed by atoms with van der Waals surface area (Å²) in [6.45, 7) is 0. The molecule has 1 saturated carbocycles. The summed E-state index contributed by atoms with van der Waals surface area (Å²) in [4.78, 5) is 19.4. The fraction of sp³-hybridized carbons (Fsp3) is 0.583. The summed E-state index contributed by atoms with van der Waals surface area (Å²) in [5, 5.41) is 4.36. The lowest BCUT2D eigenvalue weighted by atomic mass is 9.85. The van der Waals surface area contributed by atoms with Gasteiger partial charge in [-0.3, -0.25) is 4.79 Å². The molecule has 1 amide bonds. The second-order valence-corrected chi connectivity index (χ2v) is 5.37. The summed E-state index contributed by atoms with van der Waals surface area (Å²) in [7, 11) is 0. The lowest BCUT2D eigenvalue weighted by Crippen LogP contribution is -2.32. The Labute approximate surface area is 111 Å². The van der Waals surface area contributed by atoms with Crippen LogP contribution in [0.3, 0.4) is 0 Å². The molecule has 0 unspecified atom stereocenters. The number of nitrogens with one attached hydrogen (secondary N) is 1. The minimum absolute atomic E-state index is 0.0511. The standard InChI is InChI=1S/C12H18N4OS/c1-18-11-6-10(14-7-15-11)16-9-4-2-8(3-5-9)12(13)17/h6-9H,2-5H2,1H3,(H2,13,17)(H,14,15,16). The molecule has 0 radical (unpaired) electrons. The zero-order valence-electron chi connectivity index (χ0n) is 10.4. The lowest BCUT2D eigenvalue weighted by molar-refractivity contribution is -0.122. The van der Waals surface area contributed by atoms with Crippen molar-refractivity contribution in [1.82, 2.24) is 9.97 Å². The number of rotatable bonds is 4. The van der Waals surface area contributed by atoms with Crippen molar-refractivity contribution in [3.05, 3.63) is 12.4 Å². The SMILES string of the molecule is CSc1cc(NC2CCC(C(N)=O)CC2)ncn1. The number of thioether (sulfide) groups is 1. The quantitative estimate of drug-likeness (QED) is 0.640. The topological polar surface area (TPSA) is 80.9 Å².